The van der Waals surface area contributed by atoms with Gasteiger partial charge in [-0.25, -0.2) is 13.4 Å². The van der Waals surface area contributed by atoms with Crippen LogP contribution in [0.1, 0.15) is 27.2 Å². The van der Waals surface area contributed by atoms with E-state index in [0.29, 0.717) is 22.1 Å². The van der Waals surface area contributed by atoms with Crippen molar-refractivity contribution >= 4 is 48.3 Å². The Morgan fingerprint density at radius 3 is 2.42 bits per heavy atom. The molecule has 1 amide bonds. The molecule has 2 heterocycles. The highest BCUT2D eigenvalue weighted by Gasteiger charge is 2.24. The van der Waals surface area contributed by atoms with E-state index in [1.54, 1.807) is 59.7 Å². The standard InChI is InChI=1S/C27H23N3O4S2/c1-18-10-15-24-25(19(18)2)28-27(35-24)30(17-22-7-6-16-34-22)26(31)20-11-13-21(14-12-20)29-36(32,33)23-8-4-3-5-9-23/h3-16,29H,17H2,1-2H3. The van der Waals surface area contributed by atoms with Crippen LogP contribution in [0.3, 0.4) is 0 Å². The molecule has 0 fully saturated rings. The number of rotatable bonds is 7. The van der Waals surface area contributed by atoms with Crippen LogP contribution in [-0.2, 0) is 16.6 Å². The van der Waals surface area contributed by atoms with Gasteiger partial charge in [-0.05, 0) is 79.6 Å². The molecule has 5 aromatic rings. The van der Waals surface area contributed by atoms with Crippen LogP contribution in [0.25, 0.3) is 10.2 Å². The lowest BCUT2D eigenvalue weighted by Gasteiger charge is -2.19. The Labute approximate surface area is 213 Å². The number of aromatic nitrogens is 1. The average Bonchev–Trinajstić information content (AvgIpc) is 3.55. The number of fused-ring (bicyclic) bond motifs is 1. The van der Waals surface area contributed by atoms with Gasteiger partial charge in [-0.3, -0.25) is 14.4 Å². The van der Waals surface area contributed by atoms with E-state index in [1.807, 2.05) is 32.0 Å². The van der Waals surface area contributed by atoms with Gasteiger partial charge in [-0.2, -0.15) is 0 Å². The van der Waals surface area contributed by atoms with Crippen LogP contribution >= 0.6 is 11.3 Å². The molecule has 0 spiro atoms. The number of sulfonamides is 1. The Morgan fingerprint density at radius 2 is 1.72 bits per heavy atom. The van der Waals surface area contributed by atoms with E-state index in [9.17, 15) is 13.2 Å². The minimum Gasteiger partial charge on any atom is -0.467 e. The molecule has 1 N–H and O–H groups in total. The highest BCUT2D eigenvalue weighted by atomic mass is 32.2. The number of amides is 1. The normalized spacial score (nSPS) is 11.5. The predicted octanol–water partition coefficient (Wildman–Crippen LogP) is 6.15. The maximum absolute atomic E-state index is 13.6. The number of aryl methyl sites for hydroxylation is 2. The summed E-state index contributed by atoms with van der Waals surface area (Å²) in [7, 11) is -3.73. The first kappa shape index (κ1) is 23.8. The zero-order valence-corrected chi connectivity index (χ0v) is 21.3. The molecule has 0 bridgehead atoms. The average molecular weight is 518 g/mol. The van der Waals surface area contributed by atoms with Crippen LogP contribution in [0.5, 0.6) is 0 Å². The van der Waals surface area contributed by atoms with Crippen molar-refractivity contribution in [3.8, 4) is 0 Å². The molecule has 5 rings (SSSR count). The van der Waals surface area contributed by atoms with Gasteiger partial charge in [0, 0.05) is 11.3 Å². The number of benzene rings is 3. The minimum absolute atomic E-state index is 0.163. The Bertz CT molecular complexity index is 1630. The van der Waals surface area contributed by atoms with Gasteiger partial charge in [0.05, 0.1) is 27.9 Å². The molecular formula is C27H23N3O4S2. The number of thiazole rings is 1. The molecule has 36 heavy (non-hydrogen) atoms. The molecule has 2 aromatic heterocycles. The summed E-state index contributed by atoms with van der Waals surface area (Å²) >= 11 is 1.44. The molecule has 0 saturated heterocycles. The van der Waals surface area contributed by atoms with E-state index < -0.39 is 10.0 Å². The molecule has 0 unspecified atom stereocenters. The number of hydrogen-bond acceptors (Lipinski definition) is 6. The lowest BCUT2D eigenvalue weighted by atomic mass is 10.1. The molecule has 0 aliphatic carbocycles. The molecule has 0 radical (unpaired) electrons. The smallest absolute Gasteiger partial charge is 0.261 e. The fraction of sp³-hybridized carbons (Fsp3) is 0.111. The Hall–Kier alpha value is -3.95. The first-order chi connectivity index (χ1) is 17.3. The van der Waals surface area contributed by atoms with Crippen molar-refractivity contribution in [1.29, 1.82) is 0 Å². The molecule has 0 atom stereocenters. The monoisotopic (exact) mass is 517 g/mol. The number of nitrogens with zero attached hydrogens (tertiary/aromatic N) is 2. The second kappa shape index (κ2) is 9.60. The SMILES string of the molecule is Cc1ccc2sc(N(Cc3ccco3)C(=O)c3ccc(NS(=O)(=O)c4ccccc4)cc3)nc2c1C. The quantitative estimate of drug-likeness (QED) is 0.279. The largest absolute Gasteiger partial charge is 0.467 e. The third-order valence-corrected chi connectivity index (χ3v) is 8.32. The van der Waals surface area contributed by atoms with Gasteiger partial charge in [0.25, 0.3) is 15.9 Å². The maximum atomic E-state index is 13.6. The van der Waals surface area contributed by atoms with Crippen LogP contribution in [-0.4, -0.2) is 19.3 Å². The number of hydrogen-bond donors (Lipinski definition) is 1. The topological polar surface area (TPSA) is 92.5 Å². The third kappa shape index (κ3) is 4.75. The number of carbonyl (C=O) groups excluding carboxylic acids is 1. The second-order valence-electron chi connectivity index (χ2n) is 8.32. The van der Waals surface area contributed by atoms with Crippen LogP contribution in [0.2, 0.25) is 0 Å². The van der Waals surface area contributed by atoms with E-state index >= 15 is 0 Å². The van der Waals surface area contributed by atoms with E-state index in [0.717, 1.165) is 21.3 Å². The van der Waals surface area contributed by atoms with Crippen LogP contribution in [0.4, 0.5) is 10.8 Å². The third-order valence-electron chi connectivity index (χ3n) is 5.88. The molecule has 0 aliphatic rings. The molecule has 3 aromatic carbocycles. The summed E-state index contributed by atoms with van der Waals surface area (Å²) in [6, 6.07) is 22.1. The first-order valence-electron chi connectivity index (χ1n) is 11.2. The number of furan rings is 1. The zero-order valence-electron chi connectivity index (χ0n) is 19.6. The van der Waals surface area contributed by atoms with Crippen molar-refractivity contribution in [2.24, 2.45) is 0 Å². The summed E-state index contributed by atoms with van der Waals surface area (Å²) < 4.78 is 34.3. The van der Waals surface area contributed by atoms with Crippen LogP contribution in [0.15, 0.2) is 94.4 Å². The van der Waals surface area contributed by atoms with Gasteiger partial charge in [0.2, 0.25) is 0 Å². The molecule has 7 nitrogen and oxygen atoms in total. The maximum Gasteiger partial charge on any atom is 0.261 e. The summed E-state index contributed by atoms with van der Waals surface area (Å²) in [5.74, 6) is 0.361. The van der Waals surface area contributed by atoms with Gasteiger partial charge in [-0.15, -0.1) is 0 Å². The van der Waals surface area contributed by atoms with Crippen molar-refractivity contribution in [3.63, 3.8) is 0 Å². The molecule has 182 valence electrons. The zero-order chi connectivity index (χ0) is 25.3. The van der Waals surface area contributed by atoms with Crippen LogP contribution < -0.4 is 9.62 Å². The highest BCUT2D eigenvalue weighted by molar-refractivity contribution is 7.92. The molecular weight excluding hydrogens is 494 g/mol. The number of nitrogens with one attached hydrogen (secondary N) is 1. The van der Waals surface area contributed by atoms with Gasteiger partial charge < -0.3 is 4.42 Å². The fourth-order valence-corrected chi connectivity index (χ4v) is 5.87. The lowest BCUT2D eigenvalue weighted by molar-refractivity contribution is 0.0983. The first-order valence-corrected chi connectivity index (χ1v) is 13.5. The van der Waals surface area contributed by atoms with E-state index in [1.165, 1.54) is 23.5 Å². The van der Waals surface area contributed by atoms with Gasteiger partial charge in [0.1, 0.15) is 5.76 Å². The Balaban J connectivity index is 1.45. The fourth-order valence-electron chi connectivity index (χ4n) is 3.76. The summed E-state index contributed by atoms with van der Waals surface area (Å²) in [5, 5.41) is 0.564. The highest BCUT2D eigenvalue weighted by Crippen LogP contribution is 2.33. The van der Waals surface area contributed by atoms with Crippen LogP contribution in [0, 0.1) is 13.8 Å². The van der Waals surface area contributed by atoms with Crippen molar-refractivity contribution in [3.05, 3.63) is 108 Å². The summed E-state index contributed by atoms with van der Waals surface area (Å²) in [4.78, 5) is 20.2. The van der Waals surface area contributed by atoms with E-state index in [4.69, 9.17) is 9.40 Å². The van der Waals surface area contributed by atoms with Gasteiger partial charge >= 0.3 is 0 Å². The van der Waals surface area contributed by atoms with E-state index in [-0.39, 0.29) is 17.3 Å². The van der Waals surface area contributed by atoms with Crippen molar-refractivity contribution in [2.75, 3.05) is 9.62 Å². The number of anilines is 2. The minimum atomic E-state index is -3.73. The van der Waals surface area contributed by atoms with Gasteiger partial charge in [0.15, 0.2) is 5.13 Å². The lowest BCUT2D eigenvalue weighted by Crippen LogP contribution is -2.30. The molecule has 0 aliphatic heterocycles. The number of carbonyl (C=O) groups is 1. The van der Waals surface area contributed by atoms with Gasteiger partial charge in [-0.1, -0.05) is 35.6 Å². The van der Waals surface area contributed by atoms with Crippen molar-refractivity contribution in [1.82, 2.24) is 4.98 Å². The summed E-state index contributed by atoms with van der Waals surface area (Å²) in [5.41, 5.74) is 3.85. The molecule has 9 heteroatoms. The Kier molecular flexibility index (Phi) is 6.34. The van der Waals surface area contributed by atoms with Crippen molar-refractivity contribution < 1.29 is 17.6 Å². The van der Waals surface area contributed by atoms with E-state index in [2.05, 4.69) is 4.72 Å². The summed E-state index contributed by atoms with van der Waals surface area (Å²) in [6.45, 7) is 4.27. The summed E-state index contributed by atoms with van der Waals surface area (Å²) in [6.07, 6.45) is 1.57. The molecule has 0 saturated carbocycles. The predicted molar refractivity (Wildman–Crippen MR) is 142 cm³/mol. The Morgan fingerprint density at radius 1 is 0.972 bits per heavy atom. The van der Waals surface area contributed by atoms with Crippen molar-refractivity contribution in [2.45, 2.75) is 25.3 Å². The second-order valence-corrected chi connectivity index (χ2v) is 11.0.